The number of hydrogen-bond acceptors (Lipinski definition) is 10. The van der Waals surface area contributed by atoms with Gasteiger partial charge in [0.15, 0.2) is 10.1 Å². The molecule has 0 bridgehead atoms. The summed E-state index contributed by atoms with van der Waals surface area (Å²) in [6.45, 7) is 9.00. The molecule has 0 radical (unpaired) electrons. The molecule has 10 nitrogen and oxygen atoms in total. The summed E-state index contributed by atoms with van der Waals surface area (Å²) in [5.74, 6) is 0. The molecule has 0 N–H and O–H groups in total. The van der Waals surface area contributed by atoms with Crippen LogP contribution in [0.1, 0.15) is 54.4 Å². The molecular weight excluding hydrogens is 665 g/mol. The summed E-state index contributed by atoms with van der Waals surface area (Å²) < 4.78 is 115. The molecule has 0 saturated heterocycles. The molecule has 2 aliphatic rings. The highest BCUT2D eigenvalue weighted by Gasteiger charge is 2.46. The SMILES string of the molecule is C.C.CCCCN1C=CN(C)C1.CCCCN1C=CN(C)C1.CCl.COS(=O)(=O)C(F)(F)F.O=S(=O)([O-])C(F)(F)F.[Cl-]. The van der Waals surface area contributed by atoms with Crippen molar-refractivity contribution in [3.05, 3.63) is 24.8 Å². The smallest absolute Gasteiger partial charge is 0.523 e. The average molecular weight is 712 g/mol. The van der Waals surface area contributed by atoms with Gasteiger partial charge in [-0.25, -0.2) is 8.42 Å². The van der Waals surface area contributed by atoms with Gasteiger partial charge in [0, 0.05) is 58.4 Å². The molecule has 0 aromatic heterocycles. The Kier molecular flexibility index (Phi) is 33.1. The van der Waals surface area contributed by atoms with Crippen LogP contribution in [0.25, 0.3) is 0 Å². The highest BCUT2D eigenvalue weighted by molar-refractivity contribution is 7.87. The topological polar surface area (TPSA) is 114 Å². The van der Waals surface area contributed by atoms with E-state index in [-0.39, 0.29) is 27.3 Å². The van der Waals surface area contributed by atoms with Gasteiger partial charge in [-0.05, 0) is 12.8 Å². The van der Waals surface area contributed by atoms with Gasteiger partial charge in [0.05, 0.1) is 20.4 Å². The van der Waals surface area contributed by atoms with E-state index in [1.807, 2.05) is 0 Å². The van der Waals surface area contributed by atoms with Crippen molar-refractivity contribution in [1.29, 1.82) is 0 Å². The molecule has 0 aliphatic carbocycles. The van der Waals surface area contributed by atoms with Crippen LogP contribution in [0.3, 0.4) is 0 Å². The molecule has 0 aromatic rings. The molecule has 2 heterocycles. The van der Waals surface area contributed by atoms with Crippen LogP contribution in [-0.2, 0) is 24.4 Å². The minimum Gasteiger partial charge on any atom is -1.00 e. The van der Waals surface area contributed by atoms with Crippen molar-refractivity contribution in [2.45, 2.75) is 65.4 Å². The molecule has 2 rings (SSSR count). The van der Waals surface area contributed by atoms with Crippen molar-refractivity contribution in [3.63, 3.8) is 0 Å². The lowest BCUT2D eigenvalue weighted by atomic mass is 10.3. The first-order chi connectivity index (χ1) is 17.7. The van der Waals surface area contributed by atoms with E-state index in [0.29, 0.717) is 7.11 Å². The number of unbranched alkanes of at least 4 members (excludes halogenated alkanes) is 2. The number of nitrogens with zero attached hydrogens (tertiary/aromatic N) is 4. The van der Waals surface area contributed by atoms with Crippen molar-refractivity contribution < 1.29 is 64.3 Å². The lowest BCUT2D eigenvalue weighted by Gasteiger charge is -2.17. The van der Waals surface area contributed by atoms with Crippen LogP contribution in [0.2, 0.25) is 0 Å². The Morgan fingerprint density at radius 2 is 1.05 bits per heavy atom. The molecule has 0 fully saturated rings. The highest BCUT2D eigenvalue weighted by Crippen LogP contribution is 2.23. The van der Waals surface area contributed by atoms with Crippen LogP contribution in [0.15, 0.2) is 24.8 Å². The third-order valence-electron chi connectivity index (χ3n) is 4.26. The molecule has 0 unspecified atom stereocenters. The van der Waals surface area contributed by atoms with Crippen LogP contribution >= 0.6 is 11.6 Å². The minimum absolute atomic E-state index is 0. The molecule has 42 heavy (non-hydrogen) atoms. The van der Waals surface area contributed by atoms with E-state index in [1.165, 1.54) is 45.2 Å². The van der Waals surface area contributed by atoms with E-state index in [1.54, 1.807) is 0 Å². The van der Waals surface area contributed by atoms with Crippen molar-refractivity contribution in [3.8, 4) is 0 Å². The van der Waals surface area contributed by atoms with Crippen LogP contribution in [0.4, 0.5) is 26.3 Å². The Labute approximate surface area is 259 Å². The Morgan fingerprint density at radius 1 is 0.762 bits per heavy atom. The third-order valence-corrected chi connectivity index (χ3v) is 5.83. The Bertz CT molecular complexity index is 880. The van der Waals surface area contributed by atoms with Gasteiger partial charge in [-0.2, -0.15) is 34.8 Å². The molecule has 0 amide bonds. The third kappa shape index (κ3) is 26.3. The average Bonchev–Trinajstić information content (AvgIpc) is 3.44. The summed E-state index contributed by atoms with van der Waals surface area (Å²) in [4.78, 5) is 9.05. The molecule has 0 aromatic carbocycles. The molecule has 2 aliphatic heterocycles. The summed E-state index contributed by atoms with van der Waals surface area (Å²) in [6, 6.07) is 0. The van der Waals surface area contributed by atoms with Crippen LogP contribution in [-0.4, -0.2) is 106 Å². The van der Waals surface area contributed by atoms with Crippen molar-refractivity contribution >= 4 is 31.8 Å². The second-order valence-electron chi connectivity index (χ2n) is 7.69. The summed E-state index contributed by atoms with van der Waals surface area (Å²) >= 11 is 4.64. The predicted molar refractivity (Wildman–Crippen MR) is 150 cm³/mol. The maximum absolute atomic E-state index is 11.1. The Hall–Kier alpha value is -1.34. The van der Waals surface area contributed by atoms with Gasteiger partial charge in [-0.15, -0.1) is 11.6 Å². The van der Waals surface area contributed by atoms with Crippen molar-refractivity contribution in [1.82, 2.24) is 19.6 Å². The van der Waals surface area contributed by atoms with E-state index in [0.717, 1.165) is 13.3 Å². The van der Waals surface area contributed by atoms with E-state index in [4.69, 9.17) is 13.0 Å². The van der Waals surface area contributed by atoms with Crippen molar-refractivity contribution in [2.75, 3.05) is 54.0 Å². The lowest BCUT2D eigenvalue weighted by molar-refractivity contribution is -0.0528. The zero-order valence-corrected chi connectivity index (χ0v) is 26.2. The van der Waals surface area contributed by atoms with E-state index in [2.05, 4.69) is 88.1 Å². The molecule has 0 atom stereocenters. The van der Waals surface area contributed by atoms with Gasteiger partial charge in [0.25, 0.3) is 0 Å². The van der Waals surface area contributed by atoms with E-state index >= 15 is 0 Å². The first-order valence-corrected chi connectivity index (χ1v) is 14.8. The molecule has 260 valence electrons. The molecule has 0 saturated carbocycles. The zero-order chi connectivity index (χ0) is 31.5. The van der Waals surface area contributed by atoms with Crippen molar-refractivity contribution in [2.24, 2.45) is 0 Å². The predicted octanol–water partition coefficient (Wildman–Crippen LogP) is 2.59. The van der Waals surface area contributed by atoms with Gasteiger partial charge in [0.1, 0.15) is 0 Å². The zero-order valence-electron chi connectivity index (χ0n) is 23.0. The molecule has 20 heteroatoms. The van der Waals surface area contributed by atoms with Gasteiger partial charge in [0.2, 0.25) is 0 Å². The second-order valence-corrected chi connectivity index (χ2v) is 10.8. The number of hydrogen-bond donors (Lipinski definition) is 0. The monoisotopic (exact) mass is 710 g/mol. The van der Waals surface area contributed by atoms with Gasteiger partial charge in [-0.3, -0.25) is 4.18 Å². The highest BCUT2D eigenvalue weighted by atomic mass is 35.5. The van der Waals surface area contributed by atoms with Gasteiger partial charge < -0.3 is 36.6 Å². The number of alkyl halides is 7. The fourth-order valence-electron chi connectivity index (χ4n) is 2.29. The largest absolute Gasteiger partial charge is 1.00 e. The maximum atomic E-state index is 11.1. The summed E-state index contributed by atoms with van der Waals surface area (Å²) in [5, 5.41) is 0. The number of halogens is 8. The maximum Gasteiger partial charge on any atom is 0.523 e. The van der Waals surface area contributed by atoms with E-state index in [9.17, 15) is 34.8 Å². The lowest BCUT2D eigenvalue weighted by Crippen LogP contribution is -3.00. The summed E-state index contributed by atoms with van der Waals surface area (Å²) in [5.41, 5.74) is -10.9. The summed E-state index contributed by atoms with van der Waals surface area (Å²) in [7, 11) is -6.78. The quantitative estimate of drug-likeness (QED) is 0.129. The minimum atomic E-state index is -6.09. The fraction of sp³-hybridized carbons (Fsp3) is 0.818. The normalized spacial score (nSPS) is 13.9. The van der Waals surface area contributed by atoms with Crippen LogP contribution in [0.5, 0.6) is 0 Å². The molecular formula is C22H46Cl2F6N4O6S2-2. The standard InChI is InChI=1S/2C8H16N2.C2H3F3O3S.CH3Cl.CHF3O3S.2CH4.ClH/c2*1-3-4-5-10-7-6-9(2)8-10;1-8-9(6,7)2(3,4)5;1-2;2-1(3,4)8(5,6)7;;;/h2*6-7H,3-5,8H2,1-2H3;1H3;1H3;(H,5,6,7);2*1H4;1H/p-2. The fourth-order valence-corrected chi connectivity index (χ4v) is 2.47. The second kappa shape index (κ2) is 26.1. The Balaban J connectivity index is -0.0000000988. The number of rotatable bonds is 7. The first kappa shape index (κ1) is 53.2. The molecule has 0 spiro atoms. The summed E-state index contributed by atoms with van der Waals surface area (Å²) in [6.07, 6.45) is 15.2. The van der Waals surface area contributed by atoms with Gasteiger partial charge >= 0.3 is 21.1 Å². The Morgan fingerprint density at radius 3 is 1.17 bits per heavy atom. The van der Waals surface area contributed by atoms with Crippen LogP contribution < -0.4 is 12.4 Å². The first-order valence-electron chi connectivity index (χ1n) is 11.2. The van der Waals surface area contributed by atoms with Crippen LogP contribution in [0, 0.1) is 0 Å². The van der Waals surface area contributed by atoms with Gasteiger partial charge in [-0.1, -0.05) is 41.5 Å². The van der Waals surface area contributed by atoms with E-state index < -0.39 is 31.3 Å².